The summed E-state index contributed by atoms with van der Waals surface area (Å²) < 4.78 is 29.3. The number of nitrogens with zero attached hydrogens (tertiary/aromatic N) is 4. The Morgan fingerprint density at radius 2 is 2.17 bits per heavy atom. The van der Waals surface area contributed by atoms with Gasteiger partial charge in [-0.25, -0.2) is 9.97 Å². The van der Waals surface area contributed by atoms with Crippen LogP contribution in [0.2, 0.25) is 0 Å². The van der Waals surface area contributed by atoms with Gasteiger partial charge < -0.3 is 0 Å². The molecular formula is C10H14N4O3S. The summed E-state index contributed by atoms with van der Waals surface area (Å²) in [6.07, 6.45) is 2.49. The monoisotopic (exact) mass is 270 g/mol. The standard InChI is InChI=1S/C10H14N4O3S/c1-4-18(15,16)17-7(2)10-11-6-9-8(13-10)5-12-14(9)3/h5-7H,4H2,1-3H3. The Morgan fingerprint density at radius 3 is 2.83 bits per heavy atom. The molecule has 0 amide bonds. The van der Waals surface area contributed by atoms with Crippen LogP contribution in [0.15, 0.2) is 12.4 Å². The molecule has 1 unspecified atom stereocenters. The van der Waals surface area contributed by atoms with E-state index in [0.717, 1.165) is 5.52 Å². The molecule has 1 atom stereocenters. The lowest BCUT2D eigenvalue weighted by atomic mass is 10.3. The lowest BCUT2D eigenvalue weighted by molar-refractivity contribution is 0.225. The van der Waals surface area contributed by atoms with Gasteiger partial charge in [0.1, 0.15) is 17.1 Å². The molecule has 8 heteroatoms. The summed E-state index contributed by atoms with van der Waals surface area (Å²) in [4.78, 5) is 8.33. The van der Waals surface area contributed by atoms with E-state index in [4.69, 9.17) is 4.18 Å². The quantitative estimate of drug-likeness (QED) is 0.763. The molecule has 0 saturated heterocycles. The summed E-state index contributed by atoms with van der Waals surface area (Å²) in [6, 6.07) is 0. The van der Waals surface area contributed by atoms with Gasteiger partial charge in [0.25, 0.3) is 10.1 Å². The first kappa shape index (κ1) is 12.9. The van der Waals surface area contributed by atoms with Crippen LogP contribution in [0.1, 0.15) is 25.8 Å². The van der Waals surface area contributed by atoms with Gasteiger partial charge in [0.15, 0.2) is 5.82 Å². The maximum absolute atomic E-state index is 11.4. The predicted molar refractivity (Wildman–Crippen MR) is 65.3 cm³/mol. The van der Waals surface area contributed by atoms with Crippen LogP contribution in [0, 0.1) is 0 Å². The third-order valence-electron chi connectivity index (χ3n) is 2.53. The largest absolute Gasteiger partial charge is 0.267 e. The molecule has 2 rings (SSSR count). The highest BCUT2D eigenvalue weighted by atomic mass is 32.2. The van der Waals surface area contributed by atoms with E-state index in [-0.39, 0.29) is 5.75 Å². The molecule has 0 aliphatic carbocycles. The van der Waals surface area contributed by atoms with Crippen molar-refractivity contribution in [2.45, 2.75) is 20.0 Å². The van der Waals surface area contributed by atoms with Crippen LogP contribution >= 0.6 is 0 Å². The van der Waals surface area contributed by atoms with Gasteiger partial charge in [-0.2, -0.15) is 13.5 Å². The lowest BCUT2D eigenvalue weighted by Crippen LogP contribution is -2.13. The normalized spacial score (nSPS) is 13.9. The number of aryl methyl sites for hydroxylation is 1. The number of hydrogen-bond acceptors (Lipinski definition) is 6. The van der Waals surface area contributed by atoms with Crippen molar-refractivity contribution in [2.75, 3.05) is 5.75 Å². The highest BCUT2D eigenvalue weighted by Crippen LogP contribution is 2.18. The Labute approximate surface area is 105 Å². The predicted octanol–water partition coefficient (Wildman–Crippen LogP) is 0.791. The lowest BCUT2D eigenvalue weighted by Gasteiger charge is -2.10. The molecule has 0 fully saturated rings. The van der Waals surface area contributed by atoms with Gasteiger partial charge in [0.05, 0.1) is 18.1 Å². The Hall–Kier alpha value is -1.54. The molecule has 0 saturated carbocycles. The zero-order chi connectivity index (χ0) is 13.3. The van der Waals surface area contributed by atoms with Crippen LogP contribution in [0.25, 0.3) is 11.0 Å². The fourth-order valence-corrected chi connectivity index (χ4v) is 2.14. The second-order valence-electron chi connectivity index (χ2n) is 3.85. The average Bonchev–Trinajstić information content (AvgIpc) is 2.70. The van der Waals surface area contributed by atoms with Crippen molar-refractivity contribution >= 4 is 21.2 Å². The van der Waals surface area contributed by atoms with E-state index in [1.807, 2.05) is 0 Å². The van der Waals surface area contributed by atoms with Crippen molar-refractivity contribution in [1.29, 1.82) is 0 Å². The highest BCUT2D eigenvalue weighted by Gasteiger charge is 2.18. The summed E-state index contributed by atoms with van der Waals surface area (Å²) in [6.45, 7) is 3.12. The van der Waals surface area contributed by atoms with E-state index >= 15 is 0 Å². The zero-order valence-electron chi connectivity index (χ0n) is 10.4. The van der Waals surface area contributed by atoms with Gasteiger partial charge in [-0.15, -0.1) is 0 Å². The highest BCUT2D eigenvalue weighted by molar-refractivity contribution is 7.86. The summed E-state index contributed by atoms with van der Waals surface area (Å²) in [5.41, 5.74) is 1.44. The summed E-state index contributed by atoms with van der Waals surface area (Å²) in [7, 11) is -1.73. The third-order valence-corrected chi connectivity index (χ3v) is 3.82. The summed E-state index contributed by atoms with van der Waals surface area (Å²) in [5, 5.41) is 4.04. The maximum atomic E-state index is 11.4. The van der Waals surface area contributed by atoms with Gasteiger partial charge in [0.2, 0.25) is 0 Å². The molecule has 2 heterocycles. The van der Waals surface area contributed by atoms with Crippen LogP contribution in [-0.2, 0) is 21.3 Å². The van der Waals surface area contributed by atoms with E-state index < -0.39 is 16.2 Å². The molecule has 0 aromatic carbocycles. The second-order valence-corrected chi connectivity index (χ2v) is 5.74. The Kier molecular flexibility index (Phi) is 3.31. The number of hydrogen-bond donors (Lipinski definition) is 0. The minimum atomic E-state index is -3.52. The van der Waals surface area contributed by atoms with Crippen LogP contribution in [0.4, 0.5) is 0 Å². The topological polar surface area (TPSA) is 87.0 Å². The molecule has 0 N–H and O–H groups in total. The van der Waals surface area contributed by atoms with Gasteiger partial charge in [0, 0.05) is 7.05 Å². The number of rotatable bonds is 4. The summed E-state index contributed by atoms with van der Waals surface area (Å²) in [5.74, 6) is 0.250. The van der Waals surface area contributed by atoms with Crippen LogP contribution in [0.3, 0.4) is 0 Å². The first-order valence-electron chi connectivity index (χ1n) is 5.48. The van der Waals surface area contributed by atoms with Gasteiger partial charge in [-0.05, 0) is 13.8 Å². The van der Waals surface area contributed by atoms with E-state index in [1.165, 1.54) is 6.92 Å². The minimum absolute atomic E-state index is 0.0769. The Morgan fingerprint density at radius 1 is 1.44 bits per heavy atom. The van der Waals surface area contributed by atoms with Gasteiger partial charge >= 0.3 is 0 Å². The molecule has 0 aliphatic rings. The van der Waals surface area contributed by atoms with E-state index in [1.54, 1.807) is 31.0 Å². The van der Waals surface area contributed by atoms with E-state index in [9.17, 15) is 8.42 Å². The summed E-state index contributed by atoms with van der Waals surface area (Å²) >= 11 is 0. The fourth-order valence-electron chi connectivity index (χ4n) is 1.48. The molecule has 98 valence electrons. The molecule has 7 nitrogen and oxygen atoms in total. The molecule has 0 spiro atoms. The van der Waals surface area contributed by atoms with Crippen molar-refractivity contribution in [2.24, 2.45) is 7.05 Å². The van der Waals surface area contributed by atoms with Crippen molar-refractivity contribution < 1.29 is 12.6 Å². The van der Waals surface area contributed by atoms with Crippen LogP contribution < -0.4 is 0 Å². The fraction of sp³-hybridized carbons (Fsp3) is 0.500. The number of aromatic nitrogens is 4. The van der Waals surface area contributed by atoms with Crippen LogP contribution in [0.5, 0.6) is 0 Å². The molecule has 2 aromatic rings. The van der Waals surface area contributed by atoms with Gasteiger partial charge in [-0.1, -0.05) is 0 Å². The van der Waals surface area contributed by atoms with E-state index in [0.29, 0.717) is 11.3 Å². The van der Waals surface area contributed by atoms with Crippen LogP contribution in [-0.4, -0.2) is 33.9 Å². The zero-order valence-corrected chi connectivity index (χ0v) is 11.2. The van der Waals surface area contributed by atoms with Crippen molar-refractivity contribution in [3.8, 4) is 0 Å². The molecule has 0 radical (unpaired) electrons. The van der Waals surface area contributed by atoms with Crippen molar-refractivity contribution in [1.82, 2.24) is 19.7 Å². The smallest absolute Gasteiger partial charge is 0.265 e. The van der Waals surface area contributed by atoms with Gasteiger partial charge in [-0.3, -0.25) is 8.86 Å². The van der Waals surface area contributed by atoms with Crippen molar-refractivity contribution in [3.63, 3.8) is 0 Å². The molecular weight excluding hydrogens is 256 g/mol. The minimum Gasteiger partial charge on any atom is -0.265 e. The van der Waals surface area contributed by atoms with E-state index in [2.05, 4.69) is 15.1 Å². The SMILES string of the molecule is CCS(=O)(=O)OC(C)c1ncc2c(cnn2C)n1. The Balaban J connectivity index is 2.31. The number of fused-ring (bicyclic) bond motifs is 1. The average molecular weight is 270 g/mol. The molecule has 18 heavy (non-hydrogen) atoms. The molecule has 2 aromatic heterocycles. The third kappa shape index (κ3) is 2.49. The molecule has 0 bridgehead atoms. The molecule has 0 aliphatic heterocycles. The first-order valence-corrected chi connectivity index (χ1v) is 7.06. The Bertz CT molecular complexity index is 665. The van der Waals surface area contributed by atoms with Crippen molar-refractivity contribution in [3.05, 3.63) is 18.2 Å². The second kappa shape index (κ2) is 4.62. The first-order chi connectivity index (χ1) is 8.43. The maximum Gasteiger partial charge on any atom is 0.267 e.